The molecule has 2 saturated heterocycles. The molecule has 0 radical (unpaired) electrons. The van der Waals surface area contributed by atoms with Gasteiger partial charge in [0.15, 0.2) is 0 Å². The third-order valence-corrected chi connectivity index (χ3v) is 6.39. The molecule has 7 nitrogen and oxygen atoms in total. The highest BCUT2D eigenvalue weighted by Gasteiger charge is 2.40. The number of phenolic OH excluding ortho intramolecular Hbond substituents is 1. The number of benzene rings is 1. The predicted molar refractivity (Wildman–Crippen MR) is 116 cm³/mol. The van der Waals surface area contributed by atoms with E-state index in [1.807, 2.05) is 25.7 Å². The van der Waals surface area contributed by atoms with E-state index in [0.29, 0.717) is 36.8 Å². The molecule has 0 spiro atoms. The highest BCUT2D eigenvalue weighted by molar-refractivity contribution is 6.42. The smallest absolute Gasteiger partial charge is 0.410 e. The normalized spacial score (nSPS) is 19.4. The minimum Gasteiger partial charge on any atom is -0.508 e. The quantitative estimate of drug-likeness (QED) is 0.719. The molecule has 2 fully saturated rings. The van der Waals surface area contributed by atoms with E-state index in [9.17, 15) is 14.7 Å². The Morgan fingerprint density at radius 3 is 2.27 bits per heavy atom. The minimum atomic E-state index is -0.546. The van der Waals surface area contributed by atoms with Crippen molar-refractivity contribution in [2.75, 3.05) is 26.2 Å². The van der Waals surface area contributed by atoms with Crippen LogP contribution in [-0.4, -0.2) is 58.7 Å². The summed E-state index contributed by atoms with van der Waals surface area (Å²) >= 11 is 12.0. The lowest BCUT2D eigenvalue weighted by atomic mass is 9.85. The van der Waals surface area contributed by atoms with Crippen LogP contribution in [0.15, 0.2) is 12.1 Å². The van der Waals surface area contributed by atoms with Gasteiger partial charge in [-0.3, -0.25) is 4.79 Å². The van der Waals surface area contributed by atoms with Crippen molar-refractivity contribution in [2.45, 2.75) is 45.3 Å². The largest absolute Gasteiger partial charge is 0.508 e. The maximum atomic E-state index is 12.8. The predicted octanol–water partition coefficient (Wildman–Crippen LogP) is 3.80. The van der Waals surface area contributed by atoms with E-state index in [0.717, 1.165) is 12.8 Å². The van der Waals surface area contributed by atoms with Crippen molar-refractivity contribution in [3.8, 4) is 5.75 Å². The fraction of sp³-hybridized carbons (Fsp3) is 0.619. The molecular weight excluding hydrogens is 429 g/mol. The van der Waals surface area contributed by atoms with Crippen LogP contribution in [0.1, 0.15) is 45.2 Å². The average Bonchev–Trinajstić information content (AvgIpc) is 2.61. The number of phenols is 1. The molecule has 9 heteroatoms. The summed E-state index contributed by atoms with van der Waals surface area (Å²) in [7, 11) is 0. The fourth-order valence-electron chi connectivity index (χ4n) is 3.92. The molecule has 2 aliphatic rings. The fourth-order valence-corrected chi connectivity index (χ4v) is 4.25. The summed E-state index contributed by atoms with van der Waals surface area (Å²) in [6, 6.07) is 2.63. The highest BCUT2D eigenvalue weighted by atomic mass is 35.5. The Morgan fingerprint density at radius 1 is 1.13 bits per heavy atom. The van der Waals surface area contributed by atoms with Crippen molar-refractivity contribution < 1.29 is 19.4 Å². The molecular formula is C21H29Cl2N3O4. The van der Waals surface area contributed by atoms with Crippen LogP contribution in [0.4, 0.5) is 4.79 Å². The van der Waals surface area contributed by atoms with Gasteiger partial charge in [-0.1, -0.05) is 23.2 Å². The van der Waals surface area contributed by atoms with E-state index in [4.69, 9.17) is 33.7 Å². The second kappa shape index (κ2) is 8.81. The van der Waals surface area contributed by atoms with Gasteiger partial charge >= 0.3 is 6.09 Å². The molecule has 0 saturated carbocycles. The van der Waals surface area contributed by atoms with Crippen LogP contribution in [0.2, 0.25) is 10.0 Å². The van der Waals surface area contributed by atoms with Gasteiger partial charge in [0.05, 0.1) is 16.0 Å². The molecule has 2 aliphatic heterocycles. The molecule has 3 N–H and O–H groups in total. The summed E-state index contributed by atoms with van der Waals surface area (Å²) in [5, 5.41) is 10.8. The topological polar surface area (TPSA) is 96.1 Å². The van der Waals surface area contributed by atoms with Gasteiger partial charge in [-0.2, -0.15) is 0 Å². The van der Waals surface area contributed by atoms with E-state index in [1.165, 1.54) is 6.07 Å². The molecule has 1 atom stereocenters. The zero-order valence-corrected chi connectivity index (χ0v) is 19.0. The summed E-state index contributed by atoms with van der Waals surface area (Å²) < 4.78 is 5.33. The number of ether oxygens (including phenoxy) is 1. The van der Waals surface area contributed by atoms with Crippen LogP contribution in [0.25, 0.3) is 0 Å². The van der Waals surface area contributed by atoms with Gasteiger partial charge in [0.25, 0.3) is 0 Å². The molecule has 1 unspecified atom stereocenters. The Labute approximate surface area is 187 Å². The first-order chi connectivity index (χ1) is 14.0. The Bertz CT molecular complexity index is 813. The van der Waals surface area contributed by atoms with Crippen LogP contribution in [0, 0.1) is 11.8 Å². The van der Waals surface area contributed by atoms with E-state index >= 15 is 0 Å². The summed E-state index contributed by atoms with van der Waals surface area (Å²) in [6.45, 7) is 7.44. The van der Waals surface area contributed by atoms with Crippen molar-refractivity contribution >= 4 is 35.2 Å². The number of carbonyl (C=O) groups excluding carboxylic acids is 2. The molecule has 1 aromatic rings. The van der Waals surface area contributed by atoms with Gasteiger partial charge in [0.2, 0.25) is 5.91 Å². The highest BCUT2D eigenvalue weighted by Crippen LogP contribution is 2.38. The maximum Gasteiger partial charge on any atom is 0.410 e. The summed E-state index contributed by atoms with van der Waals surface area (Å²) in [4.78, 5) is 28.2. The molecule has 166 valence electrons. The van der Waals surface area contributed by atoms with Gasteiger partial charge in [0.1, 0.15) is 11.4 Å². The van der Waals surface area contributed by atoms with Gasteiger partial charge in [0, 0.05) is 43.9 Å². The second-order valence-corrected chi connectivity index (χ2v) is 9.91. The molecule has 0 aliphatic carbocycles. The third-order valence-electron chi connectivity index (χ3n) is 5.67. The number of carbonyl (C=O) groups is 2. The third kappa shape index (κ3) is 5.13. The number of nitrogens with zero attached hydrogens (tertiary/aromatic N) is 2. The van der Waals surface area contributed by atoms with Crippen LogP contribution < -0.4 is 5.73 Å². The SMILES string of the molecule is CC(C)(C)OC(=O)N1CC(C(=O)N2CCC(C(N)c3cc(Cl)c(Cl)cc3O)CC2)C1. The standard InChI is InChI=1S/C21H29Cl2N3O4/c1-21(2,3)30-20(29)26-10-13(11-26)19(28)25-6-4-12(5-7-25)18(24)14-8-15(22)16(23)9-17(14)27/h8-9,12-13,18,27H,4-7,10-11,24H2,1-3H3. The summed E-state index contributed by atoms with van der Waals surface area (Å²) in [6.07, 6.45) is 1.09. The number of likely N-dealkylation sites (tertiary alicyclic amines) is 2. The Morgan fingerprint density at radius 2 is 1.70 bits per heavy atom. The minimum absolute atomic E-state index is 0.0344. The molecule has 1 aromatic carbocycles. The number of nitrogens with two attached hydrogens (primary N) is 1. The Kier molecular flexibility index (Phi) is 6.75. The summed E-state index contributed by atoms with van der Waals surface area (Å²) in [5.41, 5.74) is 6.41. The molecule has 30 heavy (non-hydrogen) atoms. The second-order valence-electron chi connectivity index (χ2n) is 9.10. The van der Waals surface area contributed by atoms with Crippen LogP contribution in [0.3, 0.4) is 0 Å². The lowest BCUT2D eigenvalue weighted by Gasteiger charge is -2.42. The van der Waals surface area contributed by atoms with Crippen molar-refractivity contribution in [2.24, 2.45) is 17.6 Å². The first-order valence-electron chi connectivity index (χ1n) is 10.2. The Balaban J connectivity index is 1.50. The van der Waals surface area contributed by atoms with Gasteiger partial charge < -0.3 is 25.4 Å². The molecule has 2 amide bonds. The van der Waals surface area contributed by atoms with Crippen LogP contribution in [-0.2, 0) is 9.53 Å². The molecule has 2 heterocycles. The van der Waals surface area contributed by atoms with E-state index in [-0.39, 0.29) is 40.7 Å². The van der Waals surface area contributed by atoms with E-state index in [1.54, 1.807) is 11.0 Å². The average molecular weight is 458 g/mol. The number of hydrogen-bond acceptors (Lipinski definition) is 5. The number of aromatic hydroxyl groups is 1. The van der Waals surface area contributed by atoms with Crippen molar-refractivity contribution in [3.05, 3.63) is 27.7 Å². The summed E-state index contributed by atoms with van der Waals surface area (Å²) in [5.74, 6) is 0.0463. The van der Waals surface area contributed by atoms with Crippen molar-refractivity contribution in [1.29, 1.82) is 0 Å². The van der Waals surface area contributed by atoms with Gasteiger partial charge in [-0.15, -0.1) is 0 Å². The number of rotatable bonds is 3. The number of halogens is 2. The zero-order chi connectivity index (χ0) is 22.2. The van der Waals surface area contributed by atoms with E-state index in [2.05, 4.69) is 0 Å². The maximum absolute atomic E-state index is 12.8. The lowest BCUT2D eigenvalue weighted by Crippen LogP contribution is -2.58. The van der Waals surface area contributed by atoms with Crippen LogP contribution in [0.5, 0.6) is 5.75 Å². The lowest BCUT2D eigenvalue weighted by molar-refractivity contribution is -0.142. The molecule has 0 aromatic heterocycles. The Hall–Kier alpha value is -1.70. The van der Waals surface area contributed by atoms with E-state index < -0.39 is 5.60 Å². The van der Waals surface area contributed by atoms with Crippen molar-refractivity contribution in [1.82, 2.24) is 9.80 Å². The molecule has 3 rings (SSSR count). The van der Waals surface area contributed by atoms with Crippen LogP contribution >= 0.6 is 23.2 Å². The zero-order valence-electron chi connectivity index (χ0n) is 17.5. The monoisotopic (exact) mass is 457 g/mol. The number of piperidine rings is 1. The number of hydrogen-bond donors (Lipinski definition) is 2. The first kappa shape index (κ1) is 23.0. The first-order valence-corrected chi connectivity index (χ1v) is 10.9. The molecule has 0 bridgehead atoms. The number of amides is 2. The van der Waals surface area contributed by atoms with Gasteiger partial charge in [-0.05, 0) is 45.6 Å². The van der Waals surface area contributed by atoms with Gasteiger partial charge in [-0.25, -0.2) is 4.79 Å². The van der Waals surface area contributed by atoms with Crippen molar-refractivity contribution in [3.63, 3.8) is 0 Å².